The molecule has 0 spiro atoms. The van der Waals surface area contributed by atoms with Crippen LogP contribution in [-0.2, 0) is 14.6 Å². The molecular weight excluding hydrogens is 354 g/mol. The highest BCUT2D eigenvalue weighted by Gasteiger charge is 2.77. The molecule has 1 N–H and O–H groups in total. The van der Waals surface area contributed by atoms with Gasteiger partial charge in [0.15, 0.2) is 15.3 Å². The number of carboxylic acid groups (broad SMARTS) is 1. The molecular formula is C19H17NO5S. The second-order valence-corrected chi connectivity index (χ2v) is 8.38. The summed E-state index contributed by atoms with van der Waals surface area (Å²) >= 11 is 0. The van der Waals surface area contributed by atoms with Crippen LogP contribution in [0.15, 0.2) is 53.4 Å². The van der Waals surface area contributed by atoms with Crippen LogP contribution in [0.5, 0.6) is 5.75 Å². The third-order valence-electron chi connectivity index (χ3n) is 4.83. The Hall–Kier alpha value is -2.85. The lowest BCUT2D eigenvalue weighted by atomic mass is 10.0. The van der Waals surface area contributed by atoms with Gasteiger partial charge < -0.3 is 9.84 Å². The van der Waals surface area contributed by atoms with Crippen LogP contribution < -0.4 is 4.74 Å². The zero-order chi connectivity index (χ0) is 19.1. The zero-order valence-corrected chi connectivity index (χ0v) is 15.0. The fourth-order valence-electron chi connectivity index (χ4n) is 3.34. The molecule has 0 radical (unpaired) electrons. The minimum atomic E-state index is -3.99. The first-order valence-electron chi connectivity index (χ1n) is 7.88. The Labute approximate surface area is 151 Å². The van der Waals surface area contributed by atoms with Crippen LogP contribution in [0.3, 0.4) is 0 Å². The molecule has 134 valence electrons. The van der Waals surface area contributed by atoms with Crippen molar-refractivity contribution in [3.8, 4) is 11.8 Å². The summed E-state index contributed by atoms with van der Waals surface area (Å²) in [6, 6.07) is 14.4. The Morgan fingerprint density at radius 1 is 1.15 bits per heavy atom. The summed E-state index contributed by atoms with van der Waals surface area (Å²) in [5.41, 5.74) is -0.634. The van der Waals surface area contributed by atoms with E-state index >= 15 is 0 Å². The summed E-state index contributed by atoms with van der Waals surface area (Å²) in [6.07, 6.45) is 0. The van der Waals surface area contributed by atoms with Crippen LogP contribution in [0.25, 0.3) is 0 Å². The first-order valence-corrected chi connectivity index (χ1v) is 9.43. The van der Waals surface area contributed by atoms with Crippen LogP contribution in [0.2, 0.25) is 0 Å². The number of rotatable bonds is 5. The largest absolute Gasteiger partial charge is 0.497 e. The van der Waals surface area contributed by atoms with Crippen LogP contribution in [0, 0.1) is 23.7 Å². The molecule has 2 aromatic rings. The summed E-state index contributed by atoms with van der Waals surface area (Å²) in [4.78, 5) is 11.9. The molecule has 1 aliphatic carbocycles. The monoisotopic (exact) mass is 371 g/mol. The average Bonchev–Trinajstić information content (AvgIpc) is 3.34. The van der Waals surface area contributed by atoms with Crippen LogP contribution >= 0.6 is 0 Å². The molecule has 0 aromatic heterocycles. The predicted molar refractivity (Wildman–Crippen MR) is 93.6 cm³/mol. The zero-order valence-electron chi connectivity index (χ0n) is 14.2. The normalized spacial score (nSPS) is 24.5. The minimum absolute atomic E-state index is 0.0185. The van der Waals surface area contributed by atoms with Gasteiger partial charge in [0.2, 0.25) is 0 Å². The molecule has 1 aliphatic rings. The molecule has 1 saturated carbocycles. The van der Waals surface area contributed by atoms with Crippen LogP contribution in [-0.4, -0.2) is 31.9 Å². The van der Waals surface area contributed by atoms with Gasteiger partial charge in [0.05, 0.1) is 18.1 Å². The van der Waals surface area contributed by atoms with E-state index in [1.165, 1.54) is 19.2 Å². The second-order valence-electron chi connectivity index (χ2n) is 6.32. The quantitative estimate of drug-likeness (QED) is 0.866. The Morgan fingerprint density at radius 3 is 2.19 bits per heavy atom. The highest BCUT2D eigenvalue weighted by atomic mass is 32.2. The SMILES string of the molecule is COc1ccc([C@@H]2[C@@H](S(=O)(=O)c3ccc(C)cc3)[C@@]2(C#N)C(=O)O)cc1. The van der Waals surface area contributed by atoms with Gasteiger partial charge in [-0.15, -0.1) is 0 Å². The molecule has 26 heavy (non-hydrogen) atoms. The van der Waals surface area contributed by atoms with E-state index in [1.54, 1.807) is 42.5 Å². The number of aryl methyl sites for hydroxylation is 1. The number of hydrogen-bond acceptors (Lipinski definition) is 5. The number of ether oxygens (including phenoxy) is 1. The molecule has 7 heteroatoms. The highest BCUT2D eigenvalue weighted by molar-refractivity contribution is 7.92. The molecule has 0 unspecified atom stereocenters. The molecule has 0 amide bonds. The lowest BCUT2D eigenvalue weighted by Crippen LogP contribution is -2.22. The fourth-order valence-corrected chi connectivity index (χ4v) is 5.59. The number of sulfone groups is 1. The first-order chi connectivity index (χ1) is 12.3. The maximum Gasteiger partial charge on any atom is 0.326 e. The van der Waals surface area contributed by atoms with Crippen LogP contribution in [0.4, 0.5) is 0 Å². The Bertz CT molecular complexity index is 990. The predicted octanol–water partition coefficient (Wildman–Crippen LogP) is 2.54. The van der Waals surface area contributed by atoms with Crippen molar-refractivity contribution in [1.29, 1.82) is 5.26 Å². The summed E-state index contributed by atoms with van der Waals surface area (Å²) in [7, 11) is -2.50. The maximum atomic E-state index is 13.1. The van der Waals surface area contributed by atoms with Crippen molar-refractivity contribution in [2.45, 2.75) is 23.0 Å². The van der Waals surface area contributed by atoms with E-state index in [9.17, 15) is 23.6 Å². The molecule has 0 aliphatic heterocycles. The molecule has 6 nitrogen and oxygen atoms in total. The Balaban J connectivity index is 2.10. The van der Waals surface area contributed by atoms with Crippen molar-refractivity contribution in [1.82, 2.24) is 0 Å². The van der Waals surface area contributed by atoms with Gasteiger partial charge >= 0.3 is 5.97 Å². The topological polar surface area (TPSA) is 104 Å². The van der Waals surface area contributed by atoms with Crippen molar-refractivity contribution in [3.05, 3.63) is 59.7 Å². The fraction of sp³-hybridized carbons (Fsp3) is 0.263. The molecule has 0 saturated heterocycles. The lowest BCUT2D eigenvalue weighted by Gasteiger charge is -2.05. The molecule has 1 fully saturated rings. The number of benzene rings is 2. The number of methoxy groups -OCH3 is 1. The Kier molecular flexibility index (Phi) is 4.24. The molecule has 3 atom stereocenters. The smallest absolute Gasteiger partial charge is 0.326 e. The maximum absolute atomic E-state index is 13.1. The first kappa shape index (κ1) is 18.0. The number of carbonyl (C=O) groups is 1. The van der Waals surface area contributed by atoms with Crippen molar-refractivity contribution >= 4 is 15.8 Å². The van der Waals surface area contributed by atoms with Gasteiger partial charge in [0, 0.05) is 5.92 Å². The van der Waals surface area contributed by atoms with E-state index in [2.05, 4.69) is 0 Å². The molecule has 3 rings (SSSR count). The summed E-state index contributed by atoms with van der Waals surface area (Å²) in [5.74, 6) is -1.81. The van der Waals surface area contributed by atoms with Gasteiger partial charge in [-0.25, -0.2) is 8.42 Å². The van der Waals surface area contributed by atoms with E-state index in [4.69, 9.17) is 4.74 Å². The second kappa shape index (κ2) is 6.15. The van der Waals surface area contributed by atoms with Gasteiger partial charge in [0.25, 0.3) is 0 Å². The van der Waals surface area contributed by atoms with Crippen LogP contribution in [0.1, 0.15) is 17.0 Å². The van der Waals surface area contributed by atoms with E-state index in [-0.39, 0.29) is 4.90 Å². The van der Waals surface area contributed by atoms with Crippen molar-refractivity contribution in [3.63, 3.8) is 0 Å². The number of carboxylic acids is 1. The molecule has 0 bridgehead atoms. The highest BCUT2D eigenvalue weighted by Crippen LogP contribution is 2.64. The van der Waals surface area contributed by atoms with Gasteiger partial charge in [-0.1, -0.05) is 29.8 Å². The van der Waals surface area contributed by atoms with Gasteiger partial charge in [0.1, 0.15) is 11.0 Å². The van der Waals surface area contributed by atoms with Crippen molar-refractivity contribution in [2.24, 2.45) is 5.41 Å². The van der Waals surface area contributed by atoms with Crippen molar-refractivity contribution < 1.29 is 23.1 Å². The average molecular weight is 371 g/mol. The third-order valence-corrected chi connectivity index (χ3v) is 7.07. The van der Waals surface area contributed by atoms with E-state index in [0.29, 0.717) is 11.3 Å². The number of nitrogens with zero attached hydrogens (tertiary/aromatic N) is 1. The Morgan fingerprint density at radius 2 is 1.73 bits per heavy atom. The van der Waals surface area contributed by atoms with E-state index in [1.807, 2.05) is 6.92 Å². The molecule has 2 aromatic carbocycles. The standard InChI is InChI=1S/C19H17NO5S/c1-12-3-9-15(10-4-12)26(23,24)17-16(19(17,11-20)18(21)22)13-5-7-14(25-2)8-6-13/h3-10,16-17H,1-2H3,(H,21,22)/t16-,17-,19+/m1/s1. The summed E-state index contributed by atoms with van der Waals surface area (Å²) in [6.45, 7) is 1.82. The van der Waals surface area contributed by atoms with Gasteiger partial charge in [-0.2, -0.15) is 5.26 Å². The van der Waals surface area contributed by atoms with Gasteiger partial charge in [-0.05, 0) is 36.8 Å². The minimum Gasteiger partial charge on any atom is -0.497 e. The number of hydrogen-bond donors (Lipinski definition) is 1. The van der Waals surface area contributed by atoms with Crippen molar-refractivity contribution in [2.75, 3.05) is 7.11 Å². The van der Waals surface area contributed by atoms with Gasteiger partial charge in [-0.3, -0.25) is 4.79 Å². The third kappa shape index (κ3) is 2.54. The van der Waals surface area contributed by atoms with E-state index < -0.39 is 32.4 Å². The molecule has 0 heterocycles. The van der Waals surface area contributed by atoms with E-state index in [0.717, 1.165) is 5.56 Å². The number of aliphatic carboxylic acids is 1. The number of nitriles is 1. The lowest BCUT2D eigenvalue weighted by molar-refractivity contribution is -0.141. The summed E-state index contributed by atoms with van der Waals surface area (Å²) in [5, 5.41) is 17.9. The summed E-state index contributed by atoms with van der Waals surface area (Å²) < 4.78 is 31.2.